The third kappa shape index (κ3) is 3.44. The van der Waals surface area contributed by atoms with Crippen LogP contribution in [0, 0.1) is 0 Å². The highest BCUT2D eigenvalue weighted by molar-refractivity contribution is 9.10. The smallest absolute Gasteiger partial charge is 0.0359 e. The zero-order valence-corrected chi connectivity index (χ0v) is 13.3. The summed E-state index contributed by atoms with van der Waals surface area (Å²) in [6.07, 6.45) is 0.967. The van der Waals surface area contributed by atoms with Gasteiger partial charge in [-0.05, 0) is 42.8 Å². The molecular formula is C15H15Br2N. The largest absolute Gasteiger partial charge is 0.313 e. The summed E-state index contributed by atoms with van der Waals surface area (Å²) in [5.41, 5.74) is 2.61. The van der Waals surface area contributed by atoms with Crippen molar-refractivity contribution in [3.63, 3.8) is 0 Å². The second-order valence-corrected chi connectivity index (χ2v) is 5.96. The van der Waals surface area contributed by atoms with Crippen molar-refractivity contribution in [2.45, 2.75) is 12.5 Å². The number of rotatable bonds is 4. The molecule has 1 nitrogen and oxygen atoms in total. The lowest BCUT2D eigenvalue weighted by Gasteiger charge is -2.18. The van der Waals surface area contributed by atoms with Crippen molar-refractivity contribution >= 4 is 31.9 Å². The second kappa shape index (κ2) is 6.50. The normalized spacial score (nSPS) is 12.4. The number of hydrogen-bond donors (Lipinski definition) is 1. The Kier molecular flexibility index (Phi) is 4.98. The van der Waals surface area contributed by atoms with Crippen molar-refractivity contribution < 1.29 is 0 Å². The summed E-state index contributed by atoms with van der Waals surface area (Å²) in [6.45, 7) is 0. The highest BCUT2D eigenvalue weighted by Gasteiger charge is 2.11. The summed E-state index contributed by atoms with van der Waals surface area (Å²) >= 11 is 7.13. The average Bonchev–Trinajstić information content (AvgIpc) is 2.38. The fourth-order valence-electron chi connectivity index (χ4n) is 1.99. The predicted molar refractivity (Wildman–Crippen MR) is 83.8 cm³/mol. The quantitative estimate of drug-likeness (QED) is 0.823. The Hall–Kier alpha value is -0.640. The molecule has 94 valence electrons. The maximum absolute atomic E-state index is 3.60. The first kappa shape index (κ1) is 13.8. The fraction of sp³-hybridized carbons (Fsp3) is 0.200. The van der Waals surface area contributed by atoms with Gasteiger partial charge in [-0.2, -0.15) is 0 Å². The van der Waals surface area contributed by atoms with E-state index in [0.29, 0.717) is 6.04 Å². The first-order valence-corrected chi connectivity index (χ1v) is 7.45. The molecule has 0 aliphatic carbocycles. The standard InChI is InChI=1S/C15H15Br2N/c1-18-15(12-6-4-7-13(16)9-12)10-11-5-2-3-8-14(11)17/h2-9,15,18H,10H2,1H3. The first-order valence-electron chi connectivity index (χ1n) is 5.87. The first-order chi connectivity index (χ1) is 8.70. The molecule has 0 aromatic heterocycles. The van der Waals surface area contributed by atoms with Gasteiger partial charge in [0.1, 0.15) is 0 Å². The van der Waals surface area contributed by atoms with E-state index in [1.54, 1.807) is 0 Å². The SMILES string of the molecule is CNC(Cc1ccccc1Br)c1cccc(Br)c1. The average molecular weight is 369 g/mol. The van der Waals surface area contributed by atoms with Crippen molar-refractivity contribution in [1.29, 1.82) is 0 Å². The summed E-state index contributed by atoms with van der Waals surface area (Å²) < 4.78 is 2.28. The van der Waals surface area contributed by atoms with Gasteiger partial charge in [-0.3, -0.25) is 0 Å². The zero-order chi connectivity index (χ0) is 13.0. The van der Waals surface area contributed by atoms with Gasteiger partial charge in [-0.15, -0.1) is 0 Å². The molecule has 0 aliphatic heterocycles. The fourth-order valence-corrected chi connectivity index (χ4v) is 2.86. The minimum Gasteiger partial charge on any atom is -0.313 e. The minimum absolute atomic E-state index is 0.321. The van der Waals surface area contributed by atoms with E-state index in [0.717, 1.165) is 10.9 Å². The van der Waals surface area contributed by atoms with Crippen LogP contribution < -0.4 is 5.32 Å². The molecule has 18 heavy (non-hydrogen) atoms. The van der Waals surface area contributed by atoms with Crippen LogP contribution in [0.15, 0.2) is 57.5 Å². The molecule has 1 atom stereocenters. The Morgan fingerprint density at radius 2 is 1.83 bits per heavy atom. The number of nitrogens with one attached hydrogen (secondary N) is 1. The molecule has 0 radical (unpaired) electrons. The van der Waals surface area contributed by atoms with Crippen molar-refractivity contribution in [2.24, 2.45) is 0 Å². The van der Waals surface area contributed by atoms with Crippen molar-refractivity contribution in [3.8, 4) is 0 Å². The Balaban J connectivity index is 2.23. The summed E-state index contributed by atoms with van der Waals surface area (Å²) in [5, 5.41) is 3.38. The van der Waals surface area contributed by atoms with Gasteiger partial charge in [-0.25, -0.2) is 0 Å². The van der Waals surface area contributed by atoms with Crippen molar-refractivity contribution in [1.82, 2.24) is 5.32 Å². The topological polar surface area (TPSA) is 12.0 Å². The van der Waals surface area contributed by atoms with E-state index in [1.807, 2.05) is 13.1 Å². The molecular weight excluding hydrogens is 354 g/mol. The lowest BCUT2D eigenvalue weighted by atomic mass is 9.99. The molecule has 0 saturated carbocycles. The predicted octanol–water partition coefficient (Wildman–Crippen LogP) is 4.71. The van der Waals surface area contributed by atoms with Crippen LogP contribution >= 0.6 is 31.9 Å². The number of hydrogen-bond acceptors (Lipinski definition) is 1. The minimum atomic E-state index is 0.321. The van der Waals surface area contributed by atoms with Crippen LogP contribution in [0.5, 0.6) is 0 Å². The lowest BCUT2D eigenvalue weighted by Crippen LogP contribution is -2.19. The Labute approximate surface area is 125 Å². The Bertz CT molecular complexity index is 525. The third-order valence-electron chi connectivity index (χ3n) is 2.98. The van der Waals surface area contributed by atoms with Crippen LogP contribution in [0.25, 0.3) is 0 Å². The van der Waals surface area contributed by atoms with E-state index in [4.69, 9.17) is 0 Å². The van der Waals surface area contributed by atoms with E-state index in [2.05, 4.69) is 79.6 Å². The Morgan fingerprint density at radius 1 is 1.06 bits per heavy atom. The van der Waals surface area contributed by atoms with Gasteiger partial charge in [0.05, 0.1) is 0 Å². The summed E-state index contributed by atoms with van der Waals surface area (Å²) in [7, 11) is 2.00. The van der Waals surface area contributed by atoms with Crippen molar-refractivity contribution in [3.05, 3.63) is 68.6 Å². The molecule has 2 aromatic carbocycles. The number of halogens is 2. The van der Waals surface area contributed by atoms with Crippen LogP contribution in [-0.2, 0) is 6.42 Å². The van der Waals surface area contributed by atoms with Gasteiger partial charge in [0, 0.05) is 15.0 Å². The molecule has 3 heteroatoms. The molecule has 0 amide bonds. The highest BCUT2D eigenvalue weighted by Crippen LogP contribution is 2.25. The second-order valence-electron chi connectivity index (χ2n) is 4.19. The van der Waals surface area contributed by atoms with Crippen LogP contribution in [0.1, 0.15) is 17.2 Å². The van der Waals surface area contributed by atoms with E-state index < -0.39 is 0 Å². The number of benzene rings is 2. The van der Waals surface area contributed by atoms with E-state index in [-0.39, 0.29) is 0 Å². The molecule has 2 aromatic rings. The van der Waals surface area contributed by atoms with Gasteiger partial charge < -0.3 is 5.32 Å². The summed E-state index contributed by atoms with van der Waals surface area (Å²) in [4.78, 5) is 0. The summed E-state index contributed by atoms with van der Waals surface area (Å²) in [6, 6.07) is 17.1. The maximum Gasteiger partial charge on any atom is 0.0359 e. The third-order valence-corrected chi connectivity index (χ3v) is 4.25. The molecule has 0 spiro atoms. The van der Waals surface area contributed by atoms with Crippen LogP contribution in [-0.4, -0.2) is 7.05 Å². The van der Waals surface area contributed by atoms with E-state index in [1.165, 1.54) is 15.6 Å². The molecule has 0 fully saturated rings. The zero-order valence-electron chi connectivity index (χ0n) is 10.2. The van der Waals surface area contributed by atoms with Crippen LogP contribution in [0.3, 0.4) is 0 Å². The molecule has 2 rings (SSSR count). The summed E-state index contributed by atoms with van der Waals surface area (Å²) in [5.74, 6) is 0. The van der Waals surface area contributed by atoms with Crippen LogP contribution in [0.2, 0.25) is 0 Å². The maximum atomic E-state index is 3.60. The lowest BCUT2D eigenvalue weighted by molar-refractivity contribution is 0.591. The van der Waals surface area contributed by atoms with Gasteiger partial charge in [0.15, 0.2) is 0 Å². The van der Waals surface area contributed by atoms with Gasteiger partial charge in [0.2, 0.25) is 0 Å². The molecule has 0 aliphatic rings. The molecule has 0 heterocycles. The van der Waals surface area contributed by atoms with Gasteiger partial charge in [0.25, 0.3) is 0 Å². The van der Waals surface area contributed by atoms with Crippen molar-refractivity contribution in [2.75, 3.05) is 7.05 Å². The number of likely N-dealkylation sites (N-methyl/N-ethyl adjacent to an activating group) is 1. The molecule has 1 unspecified atom stereocenters. The van der Waals surface area contributed by atoms with Gasteiger partial charge in [-0.1, -0.05) is 62.2 Å². The van der Waals surface area contributed by atoms with Gasteiger partial charge >= 0.3 is 0 Å². The monoisotopic (exact) mass is 367 g/mol. The van der Waals surface area contributed by atoms with Crippen LogP contribution in [0.4, 0.5) is 0 Å². The van der Waals surface area contributed by atoms with E-state index >= 15 is 0 Å². The van der Waals surface area contributed by atoms with E-state index in [9.17, 15) is 0 Å². The molecule has 0 bridgehead atoms. The Morgan fingerprint density at radius 3 is 2.50 bits per heavy atom. The highest BCUT2D eigenvalue weighted by atomic mass is 79.9. The molecule has 0 saturated heterocycles. The molecule has 1 N–H and O–H groups in total.